The van der Waals surface area contributed by atoms with Crippen molar-refractivity contribution in [1.82, 2.24) is 10.2 Å². The fourth-order valence-electron chi connectivity index (χ4n) is 2.77. The number of nitrogens with one attached hydrogen (secondary N) is 1. The van der Waals surface area contributed by atoms with Crippen LogP contribution in [0, 0.1) is 5.92 Å². The number of ether oxygens (including phenoxy) is 1. The second-order valence-electron chi connectivity index (χ2n) is 5.46. The molecule has 0 aliphatic carbocycles. The number of carbonyl (C=O) groups excluding carboxylic acids is 2. The summed E-state index contributed by atoms with van der Waals surface area (Å²) in [5, 5.41) is 3.60. The number of carbonyl (C=O) groups is 2. The molecule has 0 spiro atoms. The number of thioether (sulfide) groups is 1. The van der Waals surface area contributed by atoms with Crippen molar-refractivity contribution < 1.29 is 14.3 Å². The van der Waals surface area contributed by atoms with E-state index < -0.39 is 0 Å². The molecule has 114 valence electrons. The van der Waals surface area contributed by atoms with Crippen LogP contribution in [0.5, 0.6) is 0 Å². The lowest BCUT2D eigenvalue weighted by molar-refractivity contribution is -0.146. The second kappa shape index (κ2) is 7.76. The van der Waals surface area contributed by atoms with Gasteiger partial charge in [-0.15, -0.1) is 0 Å². The van der Waals surface area contributed by atoms with Gasteiger partial charge >= 0.3 is 12.0 Å². The first-order valence-corrected chi connectivity index (χ1v) is 8.48. The smallest absolute Gasteiger partial charge is 0.317 e. The standard InChI is InChI=1S/C14H24N2O3S/c1-19-13(17)11-5-7-16(8-6-11)14(18)15-10-12-4-2-3-9-20-12/h11-12H,2-10H2,1H3,(H,15,18)/t12-/m0/s1. The molecule has 2 heterocycles. The second-order valence-corrected chi connectivity index (χ2v) is 6.87. The summed E-state index contributed by atoms with van der Waals surface area (Å²) >= 11 is 1.96. The molecule has 6 heteroatoms. The number of hydrogen-bond donors (Lipinski definition) is 1. The van der Waals surface area contributed by atoms with Gasteiger partial charge in [-0.1, -0.05) is 6.42 Å². The number of piperidine rings is 1. The Labute approximate surface area is 124 Å². The van der Waals surface area contributed by atoms with E-state index in [0.29, 0.717) is 31.2 Å². The molecule has 5 nitrogen and oxygen atoms in total. The van der Waals surface area contributed by atoms with Crippen molar-refractivity contribution in [2.75, 3.05) is 32.5 Å². The van der Waals surface area contributed by atoms with Gasteiger partial charge in [-0.05, 0) is 31.4 Å². The average molecular weight is 300 g/mol. The molecular formula is C14H24N2O3S. The Morgan fingerprint density at radius 3 is 2.60 bits per heavy atom. The molecule has 20 heavy (non-hydrogen) atoms. The minimum Gasteiger partial charge on any atom is -0.469 e. The van der Waals surface area contributed by atoms with Gasteiger partial charge in [0.25, 0.3) is 0 Å². The zero-order valence-corrected chi connectivity index (χ0v) is 12.9. The Kier molecular flexibility index (Phi) is 6.01. The Bertz CT molecular complexity index is 337. The van der Waals surface area contributed by atoms with E-state index in [1.165, 1.54) is 32.1 Å². The maximum Gasteiger partial charge on any atom is 0.317 e. The van der Waals surface area contributed by atoms with Gasteiger partial charge in [-0.25, -0.2) is 4.79 Å². The lowest BCUT2D eigenvalue weighted by Gasteiger charge is -2.31. The molecule has 1 N–H and O–H groups in total. The molecule has 2 aliphatic heterocycles. The maximum absolute atomic E-state index is 12.1. The number of amides is 2. The fourth-order valence-corrected chi connectivity index (χ4v) is 4.00. The molecule has 2 aliphatic rings. The normalized spacial score (nSPS) is 24.2. The van der Waals surface area contributed by atoms with E-state index in [9.17, 15) is 9.59 Å². The monoisotopic (exact) mass is 300 g/mol. The molecule has 0 saturated carbocycles. The van der Waals surface area contributed by atoms with E-state index in [0.717, 1.165) is 6.54 Å². The largest absolute Gasteiger partial charge is 0.469 e. The Balaban J connectivity index is 1.67. The van der Waals surface area contributed by atoms with Gasteiger partial charge in [-0.2, -0.15) is 11.8 Å². The van der Waals surface area contributed by atoms with E-state index >= 15 is 0 Å². The van der Waals surface area contributed by atoms with Gasteiger partial charge in [0.15, 0.2) is 0 Å². The summed E-state index contributed by atoms with van der Waals surface area (Å²) in [5.41, 5.74) is 0. The van der Waals surface area contributed by atoms with Crippen molar-refractivity contribution in [3.63, 3.8) is 0 Å². The number of likely N-dealkylation sites (tertiary alicyclic amines) is 1. The van der Waals surface area contributed by atoms with E-state index in [-0.39, 0.29) is 17.9 Å². The van der Waals surface area contributed by atoms with Crippen LogP contribution in [0.4, 0.5) is 4.79 Å². The summed E-state index contributed by atoms with van der Waals surface area (Å²) in [5.74, 6) is 1.02. The maximum atomic E-state index is 12.1. The first-order chi connectivity index (χ1) is 9.70. The van der Waals surface area contributed by atoms with Crippen molar-refractivity contribution in [1.29, 1.82) is 0 Å². The van der Waals surface area contributed by atoms with Crippen LogP contribution in [0.3, 0.4) is 0 Å². The molecule has 0 aromatic carbocycles. The Morgan fingerprint density at radius 1 is 1.25 bits per heavy atom. The van der Waals surface area contributed by atoms with Crippen LogP contribution in [-0.2, 0) is 9.53 Å². The summed E-state index contributed by atoms with van der Waals surface area (Å²) in [6, 6.07) is 0.0134. The van der Waals surface area contributed by atoms with Crippen LogP contribution < -0.4 is 5.32 Å². The highest BCUT2D eigenvalue weighted by atomic mass is 32.2. The molecular weight excluding hydrogens is 276 g/mol. The molecule has 0 bridgehead atoms. The number of rotatable bonds is 3. The third kappa shape index (κ3) is 4.30. The number of hydrogen-bond acceptors (Lipinski definition) is 4. The third-order valence-electron chi connectivity index (χ3n) is 4.07. The zero-order valence-electron chi connectivity index (χ0n) is 12.1. The third-order valence-corrected chi connectivity index (χ3v) is 5.47. The van der Waals surface area contributed by atoms with Crippen LogP contribution in [0.1, 0.15) is 32.1 Å². The average Bonchev–Trinajstić information content (AvgIpc) is 2.53. The molecule has 1 atom stereocenters. The quantitative estimate of drug-likeness (QED) is 0.808. The SMILES string of the molecule is COC(=O)C1CCN(C(=O)NC[C@@H]2CCCCS2)CC1. The van der Waals surface area contributed by atoms with E-state index in [1.54, 1.807) is 0 Å². The van der Waals surface area contributed by atoms with Crippen LogP contribution in [0.15, 0.2) is 0 Å². The molecule has 2 amide bonds. The summed E-state index contributed by atoms with van der Waals surface area (Å²) in [6.07, 6.45) is 5.19. The highest BCUT2D eigenvalue weighted by Gasteiger charge is 2.28. The van der Waals surface area contributed by atoms with Crippen molar-refractivity contribution in [2.24, 2.45) is 5.92 Å². The molecule has 0 aromatic rings. The molecule has 0 aromatic heterocycles. The van der Waals surface area contributed by atoms with Crippen molar-refractivity contribution in [3.8, 4) is 0 Å². The van der Waals surface area contributed by atoms with E-state index in [2.05, 4.69) is 5.32 Å². The number of methoxy groups -OCH3 is 1. The predicted molar refractivity (Wildman–Crippen MR) is 79.8 cm³/mol. The summed E-state index contributed by atoms with van der Waals surface area (Å²) in [4.78, 5) is 25.3. The Hall–Kier alpha value is -0.910. The molecule has 0 unspecified atom stereocenters. The van der Waals surface area contributed by atoms with Gasteiger partial charge in [-0.3, -0.25) is 4.79 Å². The summed E-state index contributed by atoms with van der Waals surface area (Å²) < 4.78 is 4.75. The molecule has 0 radical (unpaired) electrons. The highest BCUT2D eigenvalue weighted by Crippen LogP contribution is 2.24. The van der Waals surface area contributed by atoms with Gasteiger partial charge in [0, 0.05) is 24.9 Å². The highest BCUT2D eigenvalue weighted by molar-refractivity contribution is 7.99. The lowest BCUT2D eigenvalue weighted by atomic mass is 9.97. The fraction of sp³-hybridized carbons (Fsp3) is 0.857. The first-order valence-electron chi connectivity index (χ1n) is 7.43. The van der Waals surface area contributed by atoms with Crippen molar-refractivity contribution in [2.45, 2.75) is 37.4 Å². The van der Waals surface area contributed by atoms with Crippen molar-refractivity contribution >= 4 is 23.8 Å². The van der Waals surface area contributed by atoms with Crippen LogP contribution in [-0.4, -0.2) is 54.6 Å². The van der Waals surface area contributed by atoms with Crippen LogP contribution in [0.25, 0.3) is 0 Å². The van der Waals surface area contributed by atoms with Gasteiger partial charge in [0.2, 0.25) is 0 Å². The Morgan fingerprint density at radius 2 is 2.00 bits per heavy atom. The number of nitrogens with zero attached hydrogens (tertiary/aromatic N) is 1. The van der Waals surface area contributed by atoms with E-state index in [4.69, 9.17) is 4.74 Å². The predicted octanol–water partition coefficient (Wildman–Crippen LogP) is 1.87. The van der Waals surface area contributed by atoms with Crippen molar-refractivity contribution in [3.05, 3.63) is 0 Å². The minimum absolute atomic E-state index is 0.0134. The lowest BCUT2D eigenvalue weighted by Crippen LogP contribution is -2.47. The molecule has 2 rings (SSSR count). The topological polar surface area (TPSA) is 58.6 Å². The van der Waals surface area contributed by atoms with Crippen LogP contribution in [0.2, 0.25) is 0 Å². The minimum atomic E-state index is -0.149. The van der Waals surface area contributed by atoms with E-state index in [1.807, 2.05) is 16.7 Å². The first kappa shape index (κ1) is 15.5. The zero-order chi connectivity index (χ0) is 14.4. The molecule has 2 saturated heterocycles. The molecule has 2 fully saturated rings. The number of urea groups is 1. The summed E-state index contributed by atoms with van der Waals surface area (Å²) in [7, 11) is 1.42. The van der Waals surface area contributed by atoms with Gasteiger partial charge < -0.3 is 15.0 Å². The summed E-state index contributed by atoms with van der Waals surface area (Å²) in [6.45, 7) is 2.05. The van der Waals surface area contributed by atoms with Gasteiger partial charge in [0.1, 0.15) is 0 Å². The number of esters is 1. The van der Waals surface area contributed by atoms with Gasteiger partial charge in [0.05, 0.1) is 13.0 Å². The van der Waals surface area contributed by atoms with Crippen LogP contribution >= 0.6 is 11.8 Å².